The Kier molecular flexibility index (Phi) is 4.00. The molecule has 0 spiro atoms. The molecule has 0 aliphatic heterocycles. The van der Waals surface area contributed by atoms with E-state index in [1.54, 1.807) is 0 Å². The van der Waals surface area contributed by atoms with Gasteiger partial charge in [-0.25, -0.2) is 4.79 Å². The fourth-order valence-electron chi connectivity index (χ4n) is 1.78. The van der Waals surface area contributed by atoms with Gasteiger partial charge in [0.2, 0.25) is 0 Å². The van der Waals surface area contributed by atoms with E-state index in [1.807, 2.05) is 20.8 Å². The molecule has 3 heteroatoms. The fourth-order valence-corrected chi connectivity index (χ4v) is 1.78. The molecule has 0 bridgehead atoms. The molecule has 1 N–H and O–H groups in total. The molecule has 1 aliphatic carbocycles. The van der Waals surface area contributed by atoms with E-state index in [1.165, 1.54) is 0 Å². The molecule has 0 aromatic heterocycles. The second-order valence-corrected chi connectivity index (χ2v) is 5.36. The van der Waals surface area contributed by atoms with Crippen LogP contribution in [-0.2, 0) is 4.74 Å². The van der Waals surface area contributed by atoms with Crippen LogP contribution in [0.1, 0.15) is 46.5 Å². The van der Waals surface area contributed by atoms with Crippen LogP contribution in [0.15, 0.2) is 0 Å². The van der Waals surface area contributed by atoms with E-state index in [2.05, 4.69) is 12.2 Å². The highest BCUT2D eigenvalue weighted by atomic mass is 16.6. The van der Waals surface area contributed by atoms with Crippen molar-refractivity contribution < 1.29 is 9.53 Å². The predicted octanol–water partition coefficient (Wildman–Crippen LogP) is 2.90. The van der Waals surface area contributed by atoms with Gasteiger partial charge in [-0.2, -0.15) is 0 Å². The van der Waals surface area contributed by atoms with Crippen LogP contribution in [0.4, 0.5) is 4.79 Å². The number of carbonyl (C=O) groups excluding carboxylic acids is 1. The van der Waals surface area contributed by atoms with Crippen LogP contribution < -0.4 is 5.32 Å². The third-order valence-electron chi connectivity index (χ3n) is 2.57. The van der Waals surface area contributed by atoms with Crippen LogP contribution in [0, 0.1) is 12.8 Å². The molecule has 1 fully saturated rings. The first-order valence-electron chi connectivity index (χ1n) is 5.69. The van der Waals surface area contributed by atoms with Gasteiger partial charge in [-0.1, -0.05) is 6.92 Å². The van der Waals surface area contributed by atoms with Crippen LogP contribution in [0.3, 0.4) is 0 Å². The van der Waals surface area contributed by atoms with Crippen molar-refractivity contribution in [3.05, 3.63) is 6.92 Å². The summed E-state index contributed by atoms with van der Waals surface area (Å²) in [7, 11) is 0. The van der Waals surface area contributed by atoms with Crippen LogP contribution >= 0.6 is 0 Å². The Hall–Kier alpha value is -0.730. The number of amides is 1. The summed E-state index contributed by atoms with van der Waals surface area (Å²) in [6.45, 7) is 9.65. The second kappa shape index (κ2) is 4.86. The third-order valence-corrected chi connectivity index (χ3v) is 2.57. The Balaban J connectivity index is 2.27. The highest BCUT2D eigenvalue weighted by Crippen LogP contribution is 2.23. The van der Waals surface area contributed by atoms with E-state index in [4.69, 9.17) is 4.74 Å². The summed E-state index contributed by atoms with van der Waals surface area (Å²) < 4.78 is 5.20. The molecule has 1 radical (unpaired) electrons. The van der Waals surface area contributed by atoms with Crippen molar-refractivity contribution in [1.82, 2.24) is 5.32 Å². The number of rotatable bonds is 1. The number of ether oxygens (including phenoxy) is 1. The number of nitrogens with one attached hydrogen (secondary N) is 1. The SMILES string of the molecule is [CH2][C@H]1CC[C@H](NC(=O)OC(C)(C)C)CC1. The van der Waals surface area contributed by atoms with E-state index >= 15 is 0 Å². The average molecular weight is 212 g/mol. The maximum Gasteiger partial charge on any atom is 0.407 e. The Labute approximate surface area is 92.6 Å². The summed E-state index contributed by atoms with van der Waals surface area (Å²) in [4.78, 5) is 11.5. The van der Waals surface area contributed by atoms with Crippen molar-refractivity contribution in [3.8, 4) is 0 Å². The summed E-state index contributed by atoms with van der Waals surface area (Å²) in [5, 5.41) is 2.91. The molecular formula is C12H22NO2. The predicted molar refractivity (Wildman–Crippen MR) is 60.5 cm³/mol. The van der Waals surface area contributed by atoms with Crippen molar-refractivity contribution in [3.63, 3.8) is 0 Å². The Bertz CT molecular complexity index is 212. The molecule has 0 heterocycles. The molecule has 3 nitrogen and oxygen atoms in total. The van der Waals surface area contributed by atoms with Crippen molar-refractivity contribution in [2.45, 2.75) is 58.1 Å². The molecule has 1 aliphatic rings. The van der Waals surface area contributed by atoms with Crippen LogP contribution in [0.2, 0.25) is 0 Å². The zero-order chi connectivity index (χ0) is 11.5. The molecule has 0 saturated heterocycles. The average Bonchev–Trinajstić information content (AvgIpc) is 2.05. The van der Waals surface area contributed by atoms with E-state index in [-0.39, 0.29) is 12.1 Å². The van der Waals surface area contributed by atoms with Crippen molar-refractivity contribution in [1.29, 1.82) is 0 Å². The van der Waals surface area contributed by atoms with Gasteiger partial charge in [-0.05, 0) is 52.4 Å². The molecule has 1 rings (SSSR count). The van der Waals surface area contributed by atoms with Crippen molar-refractivity contribution >= 4 is 6.09 Å². The first kappa shape index (κ1) is 12.3. The van der Waals surface area contributed by atoms with Crippen LogP contribution in [0.5, 0.6) is 0 Å². The van der Waals surface area contributed by atoms with Gasteiger partial charge >= 0.3 is 6.09 Å². The molecule has 0 atom stereocenters. The van der Waals surface area contributed by atoms with Gasteiger partial charge < -0.3 is 10.1 Å². The number of carbonyl (C=O) groups is 1. The molecule has 1 amide bonds. The van der Waals surface area contributed by atoms with E-state index in [0.29, 0.717) is 5.92 Å². The van der Waals surface area contributed by atoms with E-state index in [0.717, 1.165) is 25.7 Å². The lowest BCUT2D eigenvalue weighted by Crippen LogP contribution is -2.40. The minimum atomic E-state index is -0.409. The standard InChI is InChI=1S/C12H22NO2/c1-9-5-7-10(8-6-9)13-11(14)15-12(2,3)4/h9-10H,1,5-8H2,2-4H3,(H,13,14)/t9-,10-. The zero-order valence-electron chi connectivity index (χ0n) is 10.0. The van der Waals surface area contributed by atoms with E-state index < -0.39 is 5.60 Å². The Morgan fingerprint density at radius 2 is 1.80 bits per heavy atom. The Morgan fingerprint density at radius 3 is 2.27 bits per heavy atom. The zero-order valence-corrected chi connectivity index (χ0v) is 10.0. The molecular weight excluding hydrogens is 190 g/mol. The molecule has 1 saturated carbocycles. The number of alkyl carbamates (subject to hydrolysis) is 1. The topological polar surface area (TPSA) is 38.3 Å². The van der Waals surface area contributed by atoms with Gasteiger partial charge in [0.1, 0.15) is 5.60 Å². The molecule has 15 heavy (non-hydrogen) atoms. The first-order chi connectivity index (χ1) is 6.87. The Morgan fingerprint density at radius 1 is 1.27 bits per heavy atom. The summed E-state index contributed by atoms with van der Waals surface area (Å²) in [6, 6.07) is 0.276. The highest BCUT2D eigenvalue weighted by molar-refractivity contribution is 5.68. The van der Waals surface area contributed by atoms with Crippen LogP contribution in [-0.4, -0.2) is 17.7 Å². The molecule has 0 unspecified atom stereocenters. The van der Waals surface area contributed by atoms with Gasteiger partial charge in [-0.3, -0.25) is 0 Å². The quantitative estimate of drug-likeness (QED) is 0.725. The molecule has 0 aromatic carbocycles. The molecule has 0 aromatic rings. The van der Waals surface area contributed by atoms with Crippen LogP contribution in [0.25, 0.3) is 0 Å². The smallest absolute Gasteiger partial charge is 0.407 e. The molecule has 87 valence electrons. The van der Waals surface area contributed by atoms with Crippen molar-refractivity contribution in [2.75, 3.05) is 0 Å². The van der Waals surface area contributed by atoms with Gasteiger partial charge in [0, 0.05) is 6.04 Å². The summed E-state index contributed by atoms with van der Waals surface area (Å²) in [5.41, 5.74) is -0.409. The maximum atomic E-state index is 11.5. The summed E-state index contributed by atoms with van der Waals surface area (Å²) in [5.74, 6) is 0.557. The lowest BCUT2D eigenvalue weighted by atomic mass is 9.87. The third kappa shape index (κ3) is 5.05. The number of hydrogen-bond donors (Lipinski definition) is 1. The normalized spacial score (nSPS) is 27.2. The first-order valence-corrected chi connectivity index (χ1v) is 5.69. The lowest BCUT2D eigenvalue weighted by molar-refractivity contribution is 0.0489. The maximum absolute atomic E-state index is 11.5. The number of hydrogen-bond acceptors (Lipinski definition) is 2. The van der Waals surface area contributed by atoms with Gasteiger partial charge in [0.05, 0.1) is 0 Å². The van der Waals surface area contributed by atoms with Crippen molar-refractivity contribution in [2.24, 2.45) is 5.92 Å². The fraction of sp³-hybridized carbons (Fsp3) is 0.833. The van der Waals surface area contributed by atoms with E-state index in [9.17, 15) is 4.79 Å². The van der Waals surface area contributed by atoms with Gasteiger partial charge in [0.25, 0.3) is 0 Å². The van der Waals surface area contributed by atoms with Gasteiger partial charge in [-0.15, -0.1) is 0 Å². The lowest BCUT2D eigenvalue weighted by Gasteiger charge is -2.28. The van der Waals surface area contributed by atoms with Gasteiger partial charge in [0.15, 0.2) is 0 Å². The largest absolute Gasteiger partial charge is 0.444 e. The monoisotopic (exact) mass is 212 g/mol. The minimum absolute atomic E-state index is 0.276. The summed E-state index contributed by atoms with van der Waals surface area (Å²) in [6.07, 6.45) is 3.94. The minimum Gasteiger partial charge on any atom is -0.444 e. The summed E-state index contributed by atoms with van der Waals surface area (Å²) >= 11 is 0. The second-order valence-electron chi connectivity index (χ2n) is 5.36. The highest BCUT2D eigenvalue weighted by Gasteiger charge is 2.22.